The summed E-state index contributed by atoms with van der Waals surface area (Å²) in [6.45, 7) is 11.2. The van der Waals surface area contributed by atoms with E-state index >= 15 is 0 Å². The second kappa shape index (κ2) is 8.09. The molecule has 142 valence electrons. The Balaban J connectivity index is 1.68. The number of hydrogen-bond donors (Lipinski definition) is 2. The predicted molar refractivity (Wildman–Crippen MR) is 107 cm³/mol. The van der Waals surface area contributed by atoms with Gasteiger partial charge in [0.15, 0.2) is 0 Å². The van der Waals surface area contributed by atoms with Gasteiger partial charge in [-0.05, 0) is 88.1 Å². The van der Waals surface area contributed by atoms with Gasteiger partial charge in [0, 0.05) is 18.8 Å². The minimum Gasteiger partial charge on any atom is -0.385 e. The van der Waals surface area contributed by atoms with Crippen LogP contribution in [0, 0.1) is 6.92 Å². The smallest absolute Gasteiger partial charge is 0.216 e. The number of rotatable bonds is 8. The second-order valence-corrected chi connectivity index (χ2v) is 10.8. The zero-order valence-electron chi connectivity index (χ0n) is 16.4. The molecule has 5 heteroatoms. The van der Waals surface area contributed by atoms with Crippen molar-refractivity contribution in [1.82, 2.24) is 4.72 Å². The van der Waals surface area contributed by atoms with Crippen LogP contribution in [0.2, 0.25) is 0 Å². The normalized spacial score (nSPS) is 17.6. The van der Waals surface area contributed by atoms with E-state index in [1.165, 1.54) is 29.7 Å². The van der Waals surface area contributed by atoms with Crippen LogP contribution in [0.5, 0.6) is 0 Å². The van der Waals surface area contributed by atoms with Crippen molar-refractivity contribution in [3.05, 3.63) is 28.8 Å². The summed E-state index contributed by atoms with van der Waals surface area (Å²) in [6, 6.07) is 4.57. The first kappa shape index (κ1) is 20.2. The zero-order valence-corrected chi connectivity index (χ0v) is 17.2. The quantitative estimate of drug-likeness (QED) is 0.673. The van der Waals surface area contributed by atoms with E-state index in [0.717, 1.165) is 25.8 Å². The van der Waals surface area contributed by atoms with Gasteiger partial charge < -0.3 is 5.32 Å². The average Bonchev–Trinajstić information content (AvgIpc) is 2.87. The molecule has 4 nitrogen and oxygen atoms in total. The molecule has 0 spiro atoms. The first-order valence-electron chi connectivity index (χ1n) is 9.48. The third-order valence-corrected chi connectivity index (χ3v) is 7.29. The molecule has 0 aliphatic heterocycles. The summed E-state index contributed by atoms with van der Waals surface area (Å²) < 4.78 is 25.9. The Morgan fingerprint density at radius 1 is 1.12 bits per heavy atom. The van der Waals surface area contributed by atoms with Crippen LogP contribution in [0.3, 0.4) is 0 Å². The highest BCUT2D eigenvalue weighted by Gasteiger charge is 2.27. The summed E-state index contributed by atoms with van der Waals surface area (Å²) in [4.78, 5) is 0. The van der Waals surface area contributed by atoms with Crippen LogP contribution >= 0.6 is 0 Å². The molecule has 1 atom stereocenters. The number of nitrogens with one attached hydrogen (secondary N) is 2. The van der Waals surface area contributed by atoms with E-state index in [-0.39, 0.29) is 0 Å². The number of hydrogen-bond acceptors (Lipinski definition) is 3. The van der Waals surface area contributed by atoms with Gasteiger partial charge in [-0.1, -0.05) is 13.3 Å². The van der Waals surface area contributed by atoms with Crippen molar-refractivity contribution in [2.75, 3.05) is 18.4 Å². The van der Waals surface area contributed by atoms with Crippen LogP contribution in [-0.2, 0) is 16.4 Å². The monoisotopic (exact) mass is 366 g/mol. The Kier molecular flexibility index (Phi) is 6.55. The Morgan fingerprint density at radius 3 is 2.48 bits per heavy atom. The Hall–Kier alpha value is -1.07. The number of unbranched alkanes of at least 4 members (excludes halogenated alkanes) is 2. The van der Waals surface area contributed by atoms with Crippen LogP contribution in [0.25, 0.3) is 0 Å². The largest absolute Gasteiger partial charge is 0.385 e. The number of anilines is 1. The van der Waals surface area contributed by atoms with Crippen molar-refractivity contribution in [3.8, 4) is 0 Å². The summed E-state index contributed by atoms with van der Waals surface area (Å²) in [5.41, 5.74) is 5.68. The van der Waals surface area contributed by atoms with E-state index in [2.05, 4.69) is 36.0 Å². The van der Waals surface area contributed by atoms with Crippen LogP contribution in [0.1, 0.15) is 76.0 Å². The summed E-state index contributed by atoms with van der Waals surface area (Å²) in [5, 5.41) is 3.52. The van der Waals surface area contributed by atoms with Crippen LogP contribution in [0.15, 0.2) is 12.1 Å². The molecule has 0 aromatic heterocycles. The topological polar surface area (TPSA) is 58.2 Å². The molecule has 1 unspecified atom stereocenters. The molecule has 1 aromatic rings. The van der Waals surface area contributed by atoms with Crippen LogP contribution in [-0.4, -0.2) is 26.3 Å². The fraction of sp³-hybridized carbons (Fsp3) is 0.700. The van der Waals surface area contributed by atoms with Gasteiger partial charge in [-0.15, -0.1) is 0 Å². The fourth-order valence-electron chi connectivity index (χ4n) is 3.48. The van der Waals surface area contributed by atoms with Crippen molar-refractivity contribution < 1.29 is 8.42 Å². The fourth-order valence-corrected chi connectivity index (χ4v) is 4.33. The molecule has 0 saturated carbocycles. The molecular weight excluding hydrogens is 332 g/mol. The van der Waals surface area contributed by atoms with Gasteiger partial charge in [-0.3, -0.25) is 0 Å². The lowest BCUT2D eigenvalue weighted by Gasteiger charge is -2.19. The van der Waals surface area contributed by atoms with E-state index in [4.69, 9.17) is 0 Å². The maximum Gasteiger partial charge on any atom is 0.216 e. The van der Waals surface area contributed by atoms with Gasteiger partial charge in [0.25, 0.3) is 0 Å². The predicted octanol–water partition coefficient (Wildman–Crippen LogP) is 4.34. The maximum absolute atomic E-state index is 12.0. The third-order valence-electron chi connectivity index (χ3n) is 5.09. The van der Waals surface area contributed by atoms with Crippen molar-refractivity contribution in [2.24, 2.45) is 0 Å². The van der Waals surface area contributed by atoms with Gasteiger partial charge in [-0.25, -0.2) is 13.1 Å². The molecule has 1 aliphatic carbocycles. The van der Waals surface area contributed by atoms with Crippen molar-refractivity contribution in [3.63, 3.8) is 0 Å². The molecule has 2 N–H and O–H groups in total. The molecule has 1 aromatic carbocycles. The minimum absolute atomic E-state index is 0.523. The number of fused-ring (bicyclic) bond motifs is 1. The lowest BCUT2D eigenvalue weighted by molar-refractivity contribution is 0.540. The first-order chi connectivity index (χ1) is 11.6. The summed E-state index contributed by atoms with van der Waals surface area (Å²) in [6.07, 6.45) is 5.40. The molecular formula is C20H34N2O2S. The molecule has 0 saturated heterocycles. The third kappa shape index (κ3) is 5.20. The lowest BCUT2D eigenvalue weighted by atomic mass is 9.97. The molecule has 0 heterocycles. The molecule has 25 heavy (non-hydrogen) atoms. The second-order valence-electron chi connectivity index (χ2n) is 8.30. The molecule has 0 radical (unpaired) electrons. The van der Waals surface area contributed by atoms with Gasteiger partial charge >= 0.3 is 0 Å². The number of sulfonamides is 1. The summed E-state index contributed by atoms with van der Waals surface area (Å²) in [5.74, 6) is 0.695. The molecule has 0 bridgehead atoms. The highest BCUT2D eigenvalue weighted by atomic mass is 32.2. The van der Waals surface area contributed by atoms with Gasteiger partial charge in [0.05, 0.1) is 4.75 Å². The highest BCUT2D eigenvalue weighted by Crippen LogP contribution is 2.36. The molecule has 1 aliphatic rings. The number of aryl methyl sites for hydroxylation is 2. The Labute approximate surface area is 153 Å². The SMILES string of the molecule is Cc1cc(NCCCCCNS(=O)(=O)C(C)(C)C)cc2c1C(C)CC2. The van der Waals surface area contributed by atoms with E-state index in [0.29, 0.717) is 12.5 Å². The van der Waals surface area contributed by atoms with Gasteiger partial charge in [0.1, 0.15) is 0 Å². The maximum atomic E-state index is 12.0. The van der Waals surface area contributed by atoms with E-state index in [1.54, 1.807) is 26.3 Å². The van der Waals surface area contributed by atoms with E-state index in [9.17, 15) is 8.42 Å². The van der Waals surface area contributed by atoms with Crippen LogP contribution < -0.4 is 10.0 Å². The summed E-state index contributed by atoms with van der Waals surface area (Å²) in [7, 11) is -3.21. The van der Waals surface area contributed by atoms with Gasteiger partial charge in [0.2, 0.25) is 10.0 Å². The molecule has 0 fully saturated rings. The molecule has 2 rings (SSSR count). The van der Waals surface area contributed by atoms with Crippen molar-refractivity contribution in [1.29, 1.82) is 0 Å². The zero-order chi connectivity index (χ0) is 18.7. The van der Waals surface area contributed by atoms with E-state index < -0.39 is 14.8 Å². The van der Waals surface area contributed by atoms with Crippen LogP contribution in [0.4, 0.5) is 5.69 Å². The Morgan fingerprint density at radius 2 is 1.80 bits per heavy atom. The summed E-state index contributed by atoms with van der Waals surface area (Å²) >= 11 is 0. The van der Waals surface area contributed by atoms with Gasteiger partial charge in [-0.2, -0.15) is 0 Å². The lowest BCUT2D eigenvalue weighted by Crippen LogP contribution is -2.39. The molecule has 0 amide bonds. The first-order valence-corrected chi connectivity index (χ1v) is 11.0. The van der Waals surface area contributed by atoms with E-state index in [1.807, 2.05) is 0 Å². The van der Waals surface area contributed by atoms with Crippen molar-refractivity contribution >= 4 is 15.7 Å². The standard InChI is InChI=1S/C20H34N2O2S/c1-15-9-10-17-14-18(13-16(2)19(15)17)21-11-7-6-8-12-22-25(23,24)20(3,4)5/h13-15,21-22H,6-12H2,1-5H3. The minimum atomic E-state index is -3.21. The highest BCUT2D eigenvalue weighted by molar-refractivity contribution is 7.90. The van der Waals surface area contributed by atoms with Crippen molar-refractivity contribution in [2.45, 2.75) is 77.4 Å². The number of benzene rings is 1. The Bertz CT molecular complexity index is 690. The average molecular weight is 367 g/mol.